The van der Waals surface area contributed by atoms with E-state index in [9.17, 15) is 9.59 Å². The highest BCUT2D eigenvalue weighted by Gasteiger charge is 2.33. The number of carbonyl (C=O) groups excluding carboxylic acids is 2. The number of hydrogen-bond donors (Lipinski definition) is 2. The van der Waals surface area contributed by atoms with Crippen molar-refractivity contribution in [3.8, 4) is 0 Å². The SMILES string of the molecule is CC(C)CN(CC(N)=O)C(=O)C1NCCC1C. The van der Waals surface area contributed by atoms with Crippen LogP contribution in [0.4, 0.5) is 0 Å². The first-order valence-electron chi connectivity index (χ1n) is 6.22. The number of carbonyl (C=O) groups is 2. The number of nitrogens with zero attached hydrogens (tertiary/aromatic N) is 1. The van der Waals surface area contributed by atoms with Crippen molar-refractivity contribution in [3.63, 3.8) is 0 Å². The van der Waals surface area contributed by atoms with Gasteiger partial charge in [0.15, 0.2) is 0 Å². The van der Waals surface area contributed by atoms with E-state index in [1.54, 1.807) is 4.90 Å². The molecule has 0 radical (unpaired) electrons. The Hall–Kier alpha value is -1.10. The topological polar surface area (TPSA) is 75.4 Å². The normalized spacial score (nSPS) is 24.0. The van der Waals surface area contributed by atoms with E-state index in [1.807, 2.05) is 13.8 Å². The van der Waals surface area contributed by atoms with Crippen LogP contribution in [0.5, 0.6) is 0 Å². The van der Waals surface area contributed by atoms with Crippen molar-refractivity contribution in [2.75, 3.05) is 19.6 Å². The van der Waals surface area contributed by atoms with Gasteiger partial charge >= 0.3 is 0 Å². The van der Waals surface area contributed by atoms with Crippen LogP contribution in [0.1, 0.15) is 27.2 Å². The van der Waals surface area contributed by atoms with Gasteiger partial charge in [-0.1, -0.05) is 20.8 Å². The predicted octanol–water partition coefficient (Wildman–Crippen LogP) is -0.0457. The fourth-order valence-electron chi connectivity index (χ4n) is 2.22. The summed E-state index contributed by atoms with van der Waals surface area (Å²) >= 11 is 0. The summed E-state index contributed by atoms with van der Waals surface area (Å²) in [6.45, 7) is 7.55. The van der Waals surface area contributed by atoms with Crippen molar-refractivity contribution < 1.29 is 9.59 Å². The summed E-state index contributed by atoms with van der Waals surface area (Å²) in [5.74, 6) is 0.201. The predicted molar refractivity (Wildman–Crippen MR) is 66.2 cm³/mol. The van der Waals surface area contributed by atoms with E-state index in [-0.39, 0.29) is 18.5 Å². The van der Waals surface area contributed by atoms with Gasteiger partial charge in [0.2, 0.25) is 11.8 Å². The first-order chi connectivity index (χ1) is 7.91. The minimum absolute atomic E-state index is 0.00231. The van der Waals surface area contributed by atoms with Crippen molar-refractivity contribution in [2.45, 2.75) is 33.2 Å². The summed E-state index contributed by atoms with van der Waals surface area (Å²) in [7, 11) is 0. The summed E-state index contributed by atoms with van der Waals surface area (Å²) in [5.41, 5.74) is 5.19. The van der Waals surface area contributed by atoms with E-state index in [2.05, 4.69) is 12.2 Å². The van der Waals surface area contributed by atoms with Gasteiger partial charge in [0.05, 0.1) is 12.6 Å². The van der Waals surface area contributed by atoms with Crippen LogP contribution in [0.2, 0.25) is 0 Å². The quantitative estimate of drug-likeness (QED) is 0.709. The van der Waals surface area contributed by atoms with Crippen LogP contribution in [0.3, 0.4) is 0 Å². The van der Waals surface area contributed by atoms with Crippen molar-refractivity contribution >= 4 is 11.8 Å². The molecule has 0 aliphatic carbocycles. The Labute approximate surface area is 103 Å². The van der Waals surface area contributed by atoms with Crippen molar-refractivity contribution in [2.24, 2.45) is 17.6 Å². The number of amides is 2. The molecule has 2 unspecified atom stereocenters. The summed E-state index contributed by atoms with van der Waals surface area (Å²) in [6.07, 6.45) is 1.00. The Balaban J connectivity index is 2.67. The van der Waals surface area contributed by atoms with E-state index >= 15 is 0 Å². The Morgan fingerprint density at radius 2 is 2.12 bits per heavy atom. The molecule has 3 N–H and O–H groups in total. The molecule has 98 valence electrons. The average Bonchev–Trinajstić information content (AvgIpc) is 2.61. The molecule has 2 atom stereocenters. The molecular formula is C12H23N3O2. The second-order valence-corrected chi connectivity index (χ2v) is 5.28. The fourth-order valence-corrected chi connectivity index (χ4v) is 2.22. The van der Waals surface area contributed by atoms with Crippen LogP contribution in [-0.2, 0) is 9.59 Å². The average molecular weight is 241 g/mol. The van der Waals surface area contributed by atoms with Gasteiger partial charge in [0.25, 0.3) is 0 Å². The second-order valence-electron chi connectivity index (χ2n) is 5.28. The summed E-state index contributed by atoms with van der Waals surface area (Å²) < 4.78 is 0. The van der Waals surface area contributed by atoms with Gasteiger partial charge < -0.3 is 16.0 Å². The third kappa shape index (κ3) is 4.00. The minimum Gasteiger partial charge on any atom is -0.368 e. The van der Waals surface area contributed by atoms with E-state index in [0.717, 1.165) is 13.0 Å². The van der Waals surface area contributed by atoms with Gasteiger partial charge in [-0.05, 0) is 24.8 Å². The van der Waals surface area contributed by atoms with Crippen molar-refractivity contribution in [3.05, 3.63) is 0 Å². The first-order valence-corrected chi connectivity index (χ1v) is 6.22. The van der Waals surface area contributed by atoms with E-state index < -0.39 is 5.91 Å². The molecule has 0 bridgehead atoms. The molecule has 0 saturated carbocycles. The molecule has 0 spiro atoms. The Bertz CT molecular complexity index is 291. The maximum atomic E-state index is 12.3. The zero-order valence-corrected chi connectivity index (χ0v) is 10.9. The lowest BCUT2D eigenvalue weighted by Gasteiger charge is -2.27. The number of primary amides is 1. The van der Waals surface area contributed by atoms with Crippen molar-refractivity contribution in [1.82, 2.24) is 10.2 Å². The summed E-state index contributed by atoms with van der Waals surface area (Å²) in [6, 6.07) is -0.159. The largest absolute Gasteiger partial charge is 0.368 e. The highest BCUT2D eigenvalue weighted by atomic mass is 16.2. The molecule has 5 heteroatoms. The van der Waals surface area contributed by atoms with Gasteiger partial charge in [-0.3, -0.25) is 9.59 Å². The summed E-state index contributed by atoms with van der Waals surface area (Å²) in [5, 5.41) is 3.19. The lowest BCUT2D eigenvalue weighted by atomic mass is 10.0. The van der Waals surface area contributed by atoms with E-state index in [0.29, 0.717) is 18.4 Å². The molecule has 5 nitrogen and oxygen atoms in total. The lowest BCUT2D eigenvalue weighted by molar-refractivity contribution is -0.137. The highest BCUT2D eigenvalue weighted by Crippen LogP contribution is 2.17. The number of nitrogens with two attached hydrogens (primary N) is 1. The van der Waals surface area contributed by atoms with Crippen LogP contribution in [0.15, 0.2) is 0 Å². The molecule has 1 saturated heterocycles. The van der Waals surface area contributed by atoms with Crippen LogP contribution >= 0.6 is 0 Å². The molecule has 1 aliphatic heterocycles. The zero-order valence-electron chi connectivity index (χ0n) is 10.9. The van der Waals surface area contributed by atoms with Crippen molar-refractivity contribution in [1.29, 1.82) is 0 Å². The van der Waals surface area contributed by atoms with Gasteiger partial charge in [-0.2, -0.15) is 0 Å². The molecule has 1 fully saturated rings. The Morgan fingerprint density at radius 1 is 1.47 bits per heavy atom. The number of nitrogens with one attached hydrogen (secondary N) is 1. The zero-order chi connectivity index (χ0) is 13.0. The van der Waals surface area contributed by atoms with Gasteiger partial charge in [-0.25, -0.2) is 0 Å². The summed E-state index contributed by atoms with van der Waals surface area (Å²) in [4.78, 5) is 24.9. The van der Waals surface area contributed by atoms with Gasteiger partial charge in [-0.15, -0.1) is 0 Å². The van der Waals surface area contributed by atoms with Crippen LogP contribution in [0, 0.1) is 11.8 Å². The van der Waals surface area contributed by atoms with E-state index in [1.165, 1.54) is 0 Å². The molecule has 2 amide bonds. The molecule has 1 heterocycles. The third-order valence-corrected chi connectivity index (χ3v) is 3.04. The minimum atomic E-state index is -0.454. The first kappa shape index (κ1) is 14.0. The molecule has 0 aromatic heterocycles. The third-order valence-electron chi connectivity index (χ3n) is 3.04. The number of rotatable bonds is 5. The maximum absolute atomic E-state index is 12.3. The molecular weight excluding hydrogens is 218 g/mol. The number of hydrogen-bond acceptors (Lipinski definition) is 3. The molecule has 0 aromatic carbocycles. The molecule has 1 rings (SSSR count). The van der Waals surface area contributed by atoms with Crippen LogP contribution < -0.4 is 11.1 Å². The van der Waals surface area contributed by atoms with E-state index in [4.69, 9.17) is 5.73 Å². The van der Waals surface area contributed by atoms with Crippen LogP contribution in [0.25, 0.3) is 0 Å². The maximum Gasteiger partial charge on any atom is 0.240 e. The molecule has 17 heavy (non-hydrogen) atoms. The van der Waals surface area contributed by atoms with Gasteiger partial charge in [0.1, 0.15) is 0 Å². The lowest BCUT2D eigenvalue weighted by Crippen LogP contribution is -2.49. The molecule has 1 aliphatic rings. The standard InChI is InChI=1S/C12H23N3O2/c1-8(2)6-15(7-10(13)16)12(17)11-9(3)4-5-14-11/h8-9,11,14H,4-7H2,1-3H3,(H2,13,16). The van der Waals surface area contributed by atoms with Crippen LogP contribution in [-0.4, -0.2) is 42.4 Å². The Kier molecular flexibility index (Phi) is 4.93. The van der Waals surface area contributed by atoms with Gasteiger partial charge in [0, 0.05) is 6.54 Å². The second kappa shape index (κ2) is 6.00. The monoisotopic (exact) mass is 241 g/mol. The smallest absolute Gasteiger partial charge is 0.240 e. The fraction of sp³-hybridized carbons (Fsp3) is 0.833. The Morgan fingerprint density at radius 3 is 2.53 bits per heavy atom. The molecule has 0 aromatic rings. The highest BCUT2D eigenvalue weighted by molar-refractivity contribution is 5.87.